The maximum absolute atomic E-state index is 11.7. The minimum Gasteiger partial charge on any atom is -0.326 e. The fourth-order valence-electron chi connectivity index (χ4n) is 1.66. The highest BCUT2D eigenvalue weighted by Crippen LogP contribution is 2.09. The van der Waals surface area contributed by atoms with Crippen molar-refractivity contribution in [1.29, 1.82) is 5.26 Å². The first kappa shape index (κ1) is 12.8. The van der Waals surface area contributed by atoms with E-state index in [9.17, 15) is 4.79 Å². The highest BCUT2D eigenvalue weighted by Gasteiger charge is 2.03. The first-order valence-electron chi connectivity index (χ1n) is 5.97. The maximum Gasteiger partial charge on any atom is 0.226 e. The van der Waals surface area contributed by atoms with E-state index in [1.165, 1.54) is 0 Å². The average molecular weight is 254 g/mol. The second kappa shape index (κ2) is 5.83. The van der Waals surface area contributed by atoms with Crippen LogP contribution in [0.2, 0.25) is 0 Å². The quantitative estimate of drug-likeness (QED) is 0.908. The third kappa shape index (κ3) is 3.68. The largest absolute Gasteiger partial charge is 0.326 e. The molecule has 0 aliphatic carbocycles. The molecule has 1 heterocycles. The van der Waals surface area contributed by atoms with E-state index in [1.54, 1.807) is 28.9 Å². The fraction of sp³-hybridized carbons (Fsp3) is 0.214. The summed E-state index contributed by atoms with van der Waals surface area (Å²) in [6.45, 7) is 2.46. The molecular weight excluding hydrogens is 240 g/mol. The molecule has 96 valence electrons. The first-order chi connectivity index (χ1) is 9.17. The molecule has 0 radical (unpaired) electrons. The van der Waals surface area contributed by atoms with E-state index in [0.29, 0.717) is 24.2 Å². The van der Waals surface area contributed by atoms with Crippen molar-refractivity contribution in [1.82, 2.24) is 9.78 Å². The van der Waals surface area contributed by atoms with Gasteiger partial charge in [-0.1, -0.05) is 0 Å². The van der Waals surface area contributed by atoms with Crippen LogP contribution in [0.25, 0.3) is 0 Å². The van der Waals surface area contributed by atoms with Gasteiger partial charge in [-0.2, -0.15) is 10.4 Å². The zero-order valence-corrected chi connectivity index (χ0v) is 10.6. The Morgan fingerprint density at radius 3 is 2.68 bits per heavy atom. The van der Waals surface area contributed by atoms with Gasteiger partial charge < -0.3 is 5.32 Å². The minimum absolute atomic E-state index is 0.0714. The molecule has 1 aromatic carbocycles. The maximum atomic E-state index is 11.7. The topological polar surface area (TPSA) is 70.7 Å². The van der Waals surface area contributed by atoms with Gasteiger partial charge in [0, 0.05) is 24.8 Å². The standard InChI is InChI=1S/C14H14N4O/c1-11-6-8-18(17-11)9-7-14(19)16-13-4-2-12(10-15)3-5-13/h2-6,8H,7,9H2,1H3,(H,16,19). The van der Waals surface area contributed by atoms with Crippen molar-refractivity contribution in [3.05, 3.63) is 47.8 Å². The predicted octanol–water partition coefficient (Wildman–Crippen LogP) is 2.09. The van der Waals surface area contributed by atoms with Gasteiger partial charge in [-0.25, -0.2) is 0 Å². The van der Waals surface area contributed by atoms with Crippen LogP contribution in [-0.2, 0) is 11.3 Å². The van der Waals surface area contributed by atoms with Crippen LogP contribution in [0.4, 0.5) is 5.69 Å². The predicted molar refractivity (Wildman–Crippen MR) is 71.4 cm³/mol. The van der Waals surface area contributed by atoms with Crippen molar-refractivity contribution in [2.45, 2.75) is 19.9 Å². The van der Waals surface area contributed by atoms with Gasteiger partial charge in [0.15, 0.2) is 0 Å². The summed E-state index contributed by atoms with van der Waals surface area (Å²) in [6.07, 6.45) is 2.21. The molecule has 1 N–H and O–H groups in total. The number of benzene rings is 1. The molecule has 0 aliphatic heterocycles. The molecule has 0 fully saturated rings. The number of rotatable bonds is 4. The van der Waals surface area contributed by atoms with E-state index in [4.69, 9.17) is 5.26 Å². The van der Waals surface area contributed by atoms with Crippen LogP contribution in [0.15, 0.2) is 36.5 Å². The molecule has 2 aromatic rings. The van der Waals surface area contributed by atoms with E-state index in [0.717, 1.165) is 5.69 Å². The summed E-state index contributed by atoms with van der Waals surface area (Å²) in [4.78, 5) is 11.7. The van der Waals surface area contributed by atoms with E-state index in [1.807, 2.05) is 25.3 Å². The van der Waals surface area contributed by atoms with E-state index >= 15 is 0 Å². The van der Waals surface area contributed by atoms with Crippen LogP contribution in [0.3, 0.4) is 0 Å². The third-order valence-electron chi connectivity index (χ3n) is 2.64. The van der Waals surface area contributed by atoms with Gasteiger partial charge in [-0.3, -0.25) is 9.48 Å². The molecule has 1 amide bonds. The second-order valence-corrected chi connectivity index (χ2v) is 4.21. The number of carbonyl (C=O) groups is 1. The molecule has 0 bridgehead atoms. The molecule has 2 rings (SSSR count). The second-order valence-electron chi connectivity index (χ2n) is 4.21. The molecule has 1 aromatic heterocycles. The molecular formula is C14H14N4O. The number of aryl methyl sites for hydroxylation is 2. The number of amides is 1. The van der Waals surface area contributed by atoms with Gasteiger partial charge >= 0.3 is 0 Å². The number of anilines is 1. The molecule has 0 unspecified atom stereocenters. The van der Waals surface area contributed by atoms with Crippen molar-refractivity contribution >= 4 is 11.6 Å². The smallest absolute Gasteiger partial charge is 0.226 e. The van der Waals surface area contributed by atoms with Crippen LogP contribution >= 0.6 is 0 Å². The van der Waals surface area contributed by atoms with Crippen LogP contribution in [0.5, 0.6) is 0 Å². The summed E-state index contributed by atoms with van der Waals surface area (Å²) in [5.74, 6) is -0.0714. The summed E-state index contributed by atoms with van der Waals surface area (Å²) in [5.41, 5.74) is 2.21. The van der Waals surface area contributed by atoms with E-state index < -0.39 is 0 Å². The Hall–Kier alpha value is -2.61. The van der Waals surface area contributed by atoms with Crippen molar-refractivity contribution < 1.29 is 4.79 Å². The van der Waals surface area contributed by atoms with Gasteiger partial charge in [-0.05, 0) is 37.3 Å². The molecule has 5 heteroatoms. The summed E-state index contributed by atoms with van der Waals surface area (Å²) in [6, 6.07) is 10.7. The van der Waals surface area contributed by atoms with Crippen LogP contribution in [0, 0.1) is 18.3 Å². The Balaban J connectivity index is 1.85. The van der Waals surface area contributed by atoms with E-state index in [2.05, 4.69) is 10.4 Å². The number of aromatic nitrogens is 2. The number of nitrogens with zero attached hydrogens (tertiary/aromatic N) is 3. The molecule has 19 heavy (non-hydrogen) atoms. The highest BCUT2D eigenvalue weighted by molar-refractivity contribution is 5.90. The van der Waals surface area contributed by atoms with Gasteiger partial charge in [0.25, 0.3) is 0 Å². The number of nitrogens with one attached hydrogen (secondary N) is 1. The van der Waals surface area contributed by atoms with Crippen molar-refractivity contribution in [3.8, 4) is 6.07 Å². The van der Waals surface area contributed by atoms with Crippen LogP contribution in [0.1, 0.15) is 17.7 Å². The number of hydrogen-bond acceptors (Lipinski definition) is 3. The Morgan fingerprint density at radius 1 is 1.37 bits per heavy atom. The Labute approximate surface area is 111 Å². The normalized spacial score (nSPS) is 9.89. The zero-order valence-electron chi connectivity index (χ0n) is 10.6. The summed E-state index contributed by atoms with van der Waals surface area (Å²) < 4.78 is 1.74. The third-order valence-corrected chi connectivity index (χ3v) is 2.64. The van der Waals surface area contributed by atoms with Crippen molar-refractivity contribution in [3.63, 3.8) is 0 Å². The lowest BCUT2D eigenvalue weighted by Gasteiger charge is -2.05. The molecule has 0 spiro atoms. The van der Waals surface area contributed by atoms with Gasteiger partial charge in [0.05, 0.1) is 17.3 Å². The highest BCUT2D eigenvalue weighted by atomic mass is 16.1. The first-order valence-corrected chi connectivity index (χ1v) is 5.97. The number of hydrogen-bond donors (Lipinski definition) is 1. The average Bonchev–Trinajstić information content (AvgIpc) is 2.83. The molecule has 5 nitrogen and oxygen atoms in total. The van der Waals surface area contributed by atoms with Crippen LogP contribution in [-0.4, -0.2) is 15.7 Å². The Kier molecular flexibility index (Phi) is 3.94. The summed E-state index contributed by atoms with van der Waals surface area (Å²) in [7, 11) is 0. The lowest BCUT2D eigenvalue weighted by Crippen LogP contribution is -2.14. The lowest BCUT2D eigenvalue weighted by atomic mass is 10.2. The lowest BCUT2D eigenvalue weighted by molar-refractivity contribution is -0.116. The Bertz CT molecular complexity index is 607. The van der Waals surface area contributed by atoms with E-state index in [-0.39, 0.29) is 5.91 Å². The fourth-order valence-corrected chi connectivity index (χ4v) is 1.66. The number of nitriles is 1. The molecule has 0 saturated carbocycles. The van der Waals surface area contributed by atoms with Gasteiger partial charge in [0.2, 0.25) is 5.91 Å². The SMILES string of the molecule is Cc1ccn(CCC(=O)Nc2ccc(C#N)cc2)n1. The summed E-state index contributed by atoms with van der Waals surface area (Å²) >= 11 is 0. The van der Waals surface area contributed by atoms with Crippen molar-refractivity contribution in [2.24, 2.45) is 0 Å². The Morgan fingerprint density at radius 2 is 2.11 bits per heavy atom. The zero-order chi connectivity index (χ0) is 13.7. The van der Waals surface area contributed by atoms with Crippen molar-refractivity contribution in [2.75, 3.05) is 5.32 Å². The van der Waals surface area contributed by atoms with Gasteiger partial charge in [0.1, 0.15) is 0 Å². The summed E-state index contributed by atoms with van der Waals surface area (Å²) in [5, 5.41) is 15.7. The molecule has 0 saturated heterocycles. The van der Waals surface area contributed by atoms with Gasteiger partial charge in [-0.15, -0.1) is 0 Å². The minimum atomic E-state index is -0.0714. The number of carbonyl (C=O) groups excluding carboxylic acids is 1. The monoisotopic (exact) mass is 254 g/mol. The molecule has 0 aliphatic rings. The van der Waals surface area contributed by atoms with Crippen LogP contribution < -0.4 is 5.32 Å². The molecule has 0 atom stereocenters.